The van der Waals surface area contributed by atoms with E-state index in [9.17, 15) is 4.79 Å². The number of aromatic nitrogens is 2. The fraction of sp³-hybridized carbons (Fsp3) is 0.300. The average molecular weight is 382 g/mol. The van der Waals surface area contributed by atoms with Crippen molar-refractivity contribution in [1.29, 1.82) is 0 Å². The lowest BCUT2D eigenvalue weighted by Gasteiger charge is -2.22. The van der Waals surface area contributed by atoms with Gasteiger partial charge in [0.2, 0.25) is 5.91 Å². The molecule has 1 aromatic carbocycles. The van der Waals surface area contributed by atoms with Crippen LogP contribution in [0.3, 0.4) is 0 Å². The molecule has 1 aliphatic heterocycles. The van der Waals surface area contributed by atoms with E-state index in [-0.39, 0.29) is 11.9 Å². The number of anilines is 1. The lowest BCUT2D eigenvalue weighted by molar-refractivity contribution is -0.116. The van der Waals surface area contributed by atoms with Crippen LogP contribution in [0.5, 0.6) is 5.75 Å². The van der Waals surface area contributed by atoms with Gasteiger partial charge in [-0.2, -0.15) is 11.8 Å². The Kier molecular flexibility index (Phi) is 5.60. The Morgan fingerprint density at radius 3 is 3.15 bits per heavy atom. The van der Waals surface area contributed by atoms with Crippen LogP contribution >= 0.6 is 11.8 Å². The Labute approximate surface area is 162 Å². The molecular formula is C20H22N4O2S. The van der Waals surface area contributed by atoms with E-state index in [2.05, 4.69) is 15.6 Å². The zero-order valence-electron chi connectivity index (χ0n) is 14.9. The highest BCUT2D eigenvalue weighted by Crippen LogP contribution is 2.19. The Morgan fingerprint density at radius 2 is 2.30 bits per heavy atom. The maximum Gasteiger partial charge on any atom is 0.225 e. The molecule has 2 aromatic heterocycles. The van der Waals surface area contributed by atoms with Gasteiger partial charge in [0.25, 0.3) is 0 Å². The molecule has 6 nitrogen and oxygen atoms in total. The van der Waals surface area contributed by atoms with Gasteiger partial charge in [-0.05, 0) is 24.3 Å². The standard InChI is InChI=1S/C20H22N4O2S/c25-20(11-16-14-27-9-7-21-16)23-15-4-3-5-18(10-15)26-13-17-12-24-8-2-1-6-19(24)22-17/h1-6,8,10,12,16,21H,7,9,11,13-14H2,(H,23,25). The second-order valence-electron chi connectivity index (χ2n) is 6.49. The van der Waals surface area contributed by atoms with Crippen molar-refractivity contribution in [2.24, 2.45) is 0 Å². The number of carbonyl (C=O) groups excluding carboxylic acids is 1. The van der Waals surface area contributed by atoms with E-state index < -0.39 is 0 Å². The van der Waals surface area contributed by atoms with E-state index in [1.54, 1.807) is 0 Å². The first-order valence-corrected chi connectivity index (χ1v) is 10.2. The minimum absolute atomic E-state index is 0.0208. The van der Waals surface area contributed by atoms with Crippen LogP contribution in [-0.2, 0) is 11.4 Å². The van der Waals surface area contributed by atoms with Crippen molar-refractivity contribution in [2.45, 2.75) is 19.1 Å². The molecule has 1 fully saturated rings. The molecule has 140 valence electrons. The smallest absolute Gasteiger partial charge is 0.225 e. The number of pyridine rings is 1. The quantitative estimate of drug-likeness (QED) is 0.686. The Morgan fingerprint density at radius 1 is 1.33 bits per heavy atom. The fourth-order valence-electron chi connectivity index (χ4n) is 3.06. The largest absolute Gasteiger partial charge is 0.487 e. The molecule has 27 heavy (non-hydrogen) atoms. The number of carbonyl (C=O) groups is 1. The van der Waals surface area contributed by atoms with Crippen LogP contribution in [0.4, 0.5) is 5.69 Å². The molecule has 3 heterocycles. The van der Waals surface area contributed by atoms with Gasteiger partial charge < -0.3 is 19.8 Å². The number of fused-ring (bicyclic) bond motifs is 1. The summed E-state index contributed by atoms with van der Waals surface area (Å²) in [6.45, 7) is 1.34. The molecule has 1 aliphatic rings. The maximum absolute atomic E-state index is 12.3. The number of rotatable bonds is 6. The highest BCUT2D eigenvalue weighted by atomic mass is 32.2. The summed E-state index contributed by atoms with van der Waals surface area (Å²) in [6.07, 6.45) is 4.40. The number of ether oxygens (including phenoxy) is 1. The summed E-state index contributed by atoms with van der Waals surface area (Å²) >= 11 is 1.89. The monoisotopic (exact) mass is 382 g/mol. The number of benzene rings is 1. The third kappa shape index (κ3) is 4.81. The number of amides is 1. The van der Waals surface area contributed by atoms with Crippen LogP contribution in [-0.4, -0.2) is 39.4 Å². The summed E-state index contributed by atoms with van der Waals surface area (Å²) in [6, 6.07) is 13.6. The average Bonchev–Trinajstić information content (AvgIpc) is 3.10. The molecule has 1 unspecified atom stereocenters. The van der Waals surface area contributed by atoms with Crippen LogP contribution in [0.2, 0.25) is 0 Å². The molecule has 1 atom stereocenters. The predicted octanol–water partition coefficient (Wildman–Crippen LogP) is 2.95. The molecule has 0 spiro atoms. The number of nitrogens with one attached hydrogen (secondary N) is 2. The molecule has 0 saturated carbocycles. The third-order valence-electron chi connectivity index (χ3n) is 4.35. The van der Waals surface area contributed by atoms with E-state index in [4.69, 9.17) is 4.74 Å². The van der Waals surface area contributed by atoms with Crippen molar-refractivity contribution in [1.82, 2.24) is 14.7 Å². The number of hydrogen-bond acceptors (Lipinski definition) is 5. The summed E-state index contributed by atoms with van der Waals surface area (Å²) in [5, 5.41) is 6.34. The summed E-state index contributed by atoms with van der Waals surface area (Å²) < 4.78 is 7.82. The zero-order chi connectivity index (χ0) is 18.5. The van der Waals surface area contributed by atoms with Gasteiger partial charge in [-0.15, -0.1) is 0 Å². The lowest BCUT2D eigenvalue weighted by Crippen LogP contribution is -2.39. The minimum Gasteiger partial charge on any atom is -0.487 e. The van der Waals surface area contributed by atoms with Crippen LogP contribution in [0.25, 0.3) is 5.65 Å². The molecule has 1 saturated heterocycles. The van der Waals surface area contributed by atoms with Gasteiger partial charge in [-0.3, -0.25) is 4.79 Å². The van der Waals surface area contributed by atoms with Gasteiger partial charge in [0, 0.05) is 54.7 Å². The second kappa shape index (κ2) is 8.45. The Bertz CT molecular complexity index is 888. The van der Waals surface area contributed by atoms with Crippen molar-refractivity contribution in [3.05, 3.63) is 60.6 Å². The molecule has 0 aliphatic carbocycles. The second-order valence-corrected chi connectivity index (χ2v) is 7.64. The Hall–Kier alpha value is -2.51. The summed E-state index contributed by atoms with van der Waals surface area (Å²) in [7, 11) is 0. The van der Waals surface area contributed by atoms with Gasteiger partial charge >= 0.3 is 0 Å². The normalized spacial score (nSPS) is 17.0. The number of nitrogens with zero attached hydrogens (tertiary/aromatic N) is 2. The van der Waals surface area contributed by atoms with Crippen molar-refractivity contribution < 1.29 is 9.53 Å². The zero-order valence-corrected chi connectivity index (χ0v) is 15.7. The van der Waals surface area contributed by atoms with Crippen LogP contribution in [0.15, 0.2) is 54.9 Å². The minimum atomic E-state index is 0.0208. The van der Waals surface area contributed by atoms with E-state index in [0.29, 0.717) is 18.8 Å². The van der Waals surface area contributed by atoms with E-state index in [1.165, 1.54) is 0 Å². The van der Waals surface area contributed by atoms with Gasteiger partial charge in [0.15, 0.2) is 0 Å². The van der Waals surface area contributed by atoms with E-state index in [0.717, 1.165) is 35.1 Å². The number of imidazole rings is 1. The summed E-state index contributed by atoms with van der Waals surface area (Å²) in [5.41, 5.74) is 2.50. The summed E-state index contributed by atoms with van der Waals surface area (Å²) in [4.78, 5) is 16.8. The molecule has 0 bridgehead atoms. The fourth-order valence-corrected chi connectivity index (χ4v) is 4.01. The summed E-state index contributed by atoms with van der Waals surface area (Å²) in [5.74, 6) is 2.82. The molecule has 3 aromatic rings. The first-order valence-electron chi connectivity index (χ1n) is 9.03. The lowest BCUT2D eigenvalue weighted by atomic mass is 10.2. The van der Waals surface area contributed by atoms with E-state index >= 15 is 0 Å². The van der Waals surface area contributed by atoms with Crippen LogP contribution in [0, 0.1) is 0 Å². The molecule has 7 heteroatoms. The third-order valence-corrected chi connectivity index (χ3v) is 5.48. The topological polar surface area (TPSA) is 67.7 Å². The van der Waals surface area contributed by atoms with Crippen molar-refractivity contribution in [3.63, 3.8) is 0 Å². The van der Waals surface area contributed by atoms with Crippen molar-refractivity contribution in [2.75, 3.05) is 23.4 Å². The molecule has 2 N–H and O–H groups in total. The van der Waals surface area contributed by atoms with Gasteiger partial charge in [0.1, 0.15) is 18.0 Å². The van der Waals surface area contributed by atoms with Gasteiger partial charge in [0.05, 0.1) is 5.69 Å². The first kappa shape index (κ1) is 17.9. The maximum atomic E-state index is 12.3. The molecular weight excluding hydrogens is 360 g/mol. The number of thioether (sulfide) groups is 1. The van der Waals surface area contributed by atoms with Gasteiger partial charge in [-0.1, -0.05) is 12.1 Å². The molecule has 4 rings (SSSR count). The van der Waals surface area contributed by atoms with Crippen LogP contribution in [0.1, 0.15) is 12.1 Å². The van der Waals surface area contributed by atoms with Crippen LogP contribution < -0.4 is 15.4 Å². The van der Waals surface area contributed by atoms with Crippen molar-refractivity contribution in [3.8, 4) is 5.75 Å². The first-order chi connectivity index (χ1) is 13.3. The SMILES string of the molecule is O=C(CC1CSCCN1)Nc1cccc(OCc2cn3ccccc3n2)c1. The highest BCUT2D eigenvalue weighted by molar-refractivity contribution is 7.99. The van der Waals surface area contributed by atoms with Crippen molar-refractivity contribution >= 4 is 29.0 Å². The highest BCUT2D eigenvalue weighted by Gasteiger charge is 2.16. The Balaban J connectivity index is 1.33. The predicted molar refractivity (Wildman–Crippen MR) is 108 cm³/mol. The number of hydrogen-bond donors (Lipinski definition) is 2. The molecule has 1 amide bonds. The van der Waals surface area contributed by atoms with E-state index in [1.807, 2.05) is 71.0 Å². The molecule has 0 radical (unpaired) electrons. The van der Waals surface area contributed by atoms with Gasteiger partial charge in [-0.25, -0.2) is 4.98 Å².